The van der Waals surface area contributed by atoms with Crippen molar-refractivity contribution in [3.05, 3.63) is 89.7 Å². The fraction of sp³-hybridized carbons (Fsp3) is 0.324. The van der Waals surface area contributed by atoms with Crippen LogP contribution in [0.1, 0.15) is 50.3 Å². The minimum absolute atomic E-state index is 0.103. The standard InChI is InChI=1S/C34H35F3N6O3S/c1-21(2)27-15-6-22(3)16-28(27)43-29(44)18-47-32(43)40-31(45)38-19-33(4,5)17-23-7-9-24(10-8-23)30-39-20-42(41-30)25-11-13-26(14-12-25)46-34(35,36)37/h6-16,20-21H,17-19H2,1-5H3,(H,38,45)/b40-32-. The van der Waals surface area contributed by atoms with Gasteiger partial charge in [0.25, 0.3) is 0 Å². The number of carbonyl (C=O) groups excluding carboxylic acids is 2. The van der Waals surface area contributed by atoms with Gasteiger partial charge in [0, 0.05) is 12.1 Å². The molecule has 0 aliphatic carbocycles. The van der Waals surface area contributed by atoms with Gasteiger partial charge >= 0.3 is 12.4 Å². The normalized spacial score (nSPS) is 14.7. The van der Waals surface area contributed by atoms with Crippen LogP contribution in [-0.2, 0) is 11.2 Å². The number of amides is 3. The SMILES string of the molecule is Cc1ccc(C(C)C)c(N2C(=O)CS/C2=N\C(=O)NCC(C)(C)Cc2ccc(-c3ncn(-c4ccc(OC(F)(F)F)cc4)n3)cc2)c1. The first-order chi connectivity index (χ1) is 22.2. The Morgan fingerprint density at radius 2 is 1.77 bits per heavy atom. The smallest absolute Gasteiger partial charge is 0.406 e. The van der Waals surface area contributed by atoms with E-state index in [1.165, 1.54) is 47.0 Å². The lowest BCUT2D eigenvalue weighted by molar-refractivity contribution is -0.274. The summed E-state index contributed by atoms with van der Waals surface area (Å²) in [5.74, 6) is 0.457. The first kappa shape index (κ1) is 33.7. The molecule has 1 aliphatic rings. The van der Waals surface area contributed by atoms with Crippen LogP contribution >= 0.6 is 11.8 Å². The molecule has 1 aromatic heterocycles. The highest BCUT2D eigenvalue weighted by molar-refractivity contribution is 8.15. The zero-order valence-corrected chi connectivity index (χ0v) is 27.4. The van der Waals surface area contributed by atoms with Gasteiger partial charge in [-0.3, -0.25) is 9.69 Å². The van der Waals surface area contributed by atoms with E-state index in [-0.39, 0.29) is 28.7 Å². The number of aryl methyl sites for hydroxylation is 1. The summed E-state index contributed by atoms with van der Waals surface area (Å²) in [5.41, 5.74) is 4.84. The number of aromatic nitrogens is 3. The van der Waals surface area contributed by atoms with E-state index in [1.54, 1.807) is 4.90 Å². The van der Waals surface area contributed by atoms with E-state index in [1.807, 2.05) is 63.2 Å². The number of benzene rings is 3. The number of aliphatic imine (C=N–C) groups is 1. The molecule has 9 nitrogen and oxygen atoms in total. The lowest BCUT2D eigenvalue weighted by Gasteiger charge is -2.25. The summed E-state index contributed by atoms with van der Waals surface area (Å²) in [6.45, 7) is 10.6. The van der Waals surface area contributed by atoms with Crippen molar-refractivity contribution >= 4 is 34.6 Å². The molecule has 246 valence electrons. The number of nitrogens with one attached hydrogen (secondary N) is 1. The predicted octanol–water partition coefficient (Wildman–Crippen LogP) is 7.68. The van der Waals surface area contributed by atoms with Gasteiger partial charge in [0.2, 0.25) is 5.91 Å². The summed E-state index contributed by atoms with van der Waals surface area (Å²) in [5, 5.41) is 7.74. The number of amidine groups is 1. The quantitative estimate of drug-likeness (QED) is 0.197. The first-order valence-corrected chi connectivity index (χ1v) is 16.0. The Morgan fingerprint density at radius 3 is 2.43 bits per heavy atom. The highest BCUT2D eigenvalue weighted by Gasteiger charge is 2.33. The topological polar surface area (TPSA) is 102 Å². The average Bonchev–Trinajstić information content (AvgIpc) is 3.63. The molecule has 2 heterocycles. The van der Waals surface area contributed by atoms with E-state index in [0.717, 1.165) is 27.9 Å². The zero-order chi connectivity index (χ0) is 33.9. The van der Waals surface area contributed by atoms with Gasteiger partial charge in [0.05, 0.1) is 17.1 Å². The maximum Gasteiger partial charge on any atom is 0.573 e. The van der Waals surface area contributed by atoms with Gasteiger partial charge in [-0.2, -0.15) is 4.99 Å². The Hall–Kier alpha value is -4.65. The van der Waals surface area contributed by atoms with E-state index < -0.39 is 12.4 Å². The summed E-state index contributed by atoms with van der Waals surface area (Å²) < 4.78 is 42.7. The fourth-order valence-corrected chi connectivity index (χ4v) is 6.02. The van der Waals surface area contributed by atoms with Gasteiger partial charge in [-0.15, -0.1) is 18.3 Å². The van der Waals surface area contributed by atoms with Crippen LogP contribution in [0.2, 0.25) is 0 Å². The molecule has 5 rings (SSSR count). The van der Waals surface area contributed by atoms with Crippen molar-refractivity contribution in [2.45, 2.75) is 53.3 Å². The molecular weight excluding hydrogens is 629 g/mol. The van der Waals surface area contributed by atoms with Gasteiger partial charge in [-0.25, -0.2) is 14.5 Å². The molecule has 1 N–H and O–H groups in total. The molecule has 1 fully saturated rings. The Labute approximate surface area is 275 Å². The van der Waals surface area contributed by atoms with Crippen molar-refractivity contribution in [3.63, 3.8) is 0 Å². The second kappa shape index (κ2) is 13.6. The van der Waals surface area contributed by atoms with Crippen LogP contribution in [-0.4, -0.2) is 50.5 Å². The van der Waals surface area contributed by atoms with Crippen LogP contribution in [0.25, 0.3) is 17.1 Å². The minimum atomic E-state index is -4.76. The van der Waals surface area contributed by atoms with Gasteiger partial charge in [-0.05, 0) is 71.7 Å². The van der Waals surface area contributed by atoms with Crippen LogP contribution in [0.4, 0.5) is 23.7 Å². The average molecular weight is 665 g/mol. The van der Waals surface area contributed by atoms with Crippen molar-refractivity contribution in [2.24, 2.45) is 10.4 Å². The van der Waals surface area contributed by atoms with Gasteiger partial charge in [0.15, 0.2) is 11.0 Å². The van der Waals surface area contributed by atoms with Crippen molar-refractivity contribution in [1.82, 2.24) is 20.1 Å². The summed E-state index contributed by atoms with van der Waals surface area (Å²) in [7, 11) is 0. The van der Waals surface area contributed by atoms with Crippen LogP contribution in [0, 0.1) is 12.3 Å². The number of alkyl halides is 3. The molecule has 1 aliphatic heterocycles. The summed E-state index contributed by atoms with van der Waals surface area (Å²) in [6.07, 6.45) is -2.61. The zero-order valence-electron chi connectivity index (χ0n) is 26.6. The Balaban J connectivity index is 1.19. The van der Waals surface area contributed by atoms with E-state index in [9.17, 15) is 22.8 Å². The van der Waals surface area contributed by atoms with E-state index in [4.69, 9.17) is 0 Å². The molecule has 0 bridgehead atoms. The van der Waals surface area contributed by atoms with Crippen LogP contribution < -0.4 is 15.0 Å². The summed E-state index contributed by atoms with van der Waals surface area (Å²) >= 11 is 1.26. The molecule has 3 amide bonds. The number of rotatable bonds is 9. The van der Waals surface area contributed by atoms with E-state index >= 15 is 0 Å². The third kappa shape index (κ3) is 8.59. The number of hydrogen-bond donors (Lipinski definition) is 1. The third-order valence-corrected chi connectivity index (χ3v) is 8.37. The number of anilines is 1. The molecule has 0 atom stereocenters. The number of nitrogens with zero attached hydrogens (tertiary/aromatic N) is 5. The molecule has 0 radical (unpaired) electrons. The fourth-order valence-electron chi connectivity index (χ4n) is 5.17. The number of carbonyl (C=O) groups is 2. The van der Waals surface area contributed by atoms with Crippen LogP contribution in [0.3, 0.4) is 0 Å². The number of hydrogen-bond acceptors (Lipinski definition) is 6. The number of urea groups is 1. The molecule has 47 heavy (non-hydrogen) atoms. The second-order valence-corrected chi connectivity index (χ2v) is 13.3. The Morgan fingerprint density at radius 1 is 1.06 bits per heavy atom. The molecule has 0 saturated carbocycles. The Bertz CT molecular complexity index is 1780. The maximum absolute atomic E-state index is 12.9. The van der Waals surface area contributed by atoms with Crippen molar-refractivity contribution in [1.29, 1.82) is 0 Å². The van der Waals surface area contributed by atoms with E-state index in [2.05, 4.69) is 39.0 Å². The van der Waals surface area contributed by atoms with Gasteiger partial charge in [0.1, 0.15) is 12.1 Å². The Kier molecular flexibility index (Phi) is 9.76. The maximum atomic E-state index is 12.9. The summed E-state index contributed by atoms with van der Waals surface area (Å²) in [6, 6.07) is 18.6. The van der Waals surface area contributed by atoms with Crippen LogP contribution in [0.15, 0.2) is 78.0 Å². The van der Waals surface area contributed by atoms with Crippen molar-refractivity contribution in [2.75, 3.05) is 17.2 Å². The molecule has 0 unspecified atom stereocenters. The molecule has 3 aromatic carbocycles. The van der Waals surface area contributed by atoms with Crippen LogP contribution in [0.5, 0.6) is 5.75 Å². The van der Waals surface area contributed by atoms with Gasteiger partial charge in [-0.1, -0.05) is 75.9 Å². The second-order valence-electron chi connectivity index (χ2n) is 12.4. The lowest BCUT2D eigenvalue weighted by Crippen LogP contribution is -2.36. The van der Waals surface area contributed by atoms with Crippen molar-refractivity contribution < 1.29 is 27.5 Å². The minimum Gasteiger partial charge on any atom is -0.406 e. The molecule has 4 aromatic rings. The number of thioether (sulfide) groups is 1. The molecular formula is C34H35F3N6O3S. The third-order valence-electron chi connectivity index (χ3n) is 7.45. The summed E-state index contributed by atoms with van der Waals surface area (Å²) in [4.78, 5) is 36.0. The number of halogens is 3. The molecule has 13 heteroatoms. The van der Waals surface area contributed by atoms with Gasteiger partial charge < -0.3 is 10.1 Å². The van der Waals surface area contributed by atoms with Crippen molar-refractivity contribution in [3.8, 4) is 22.8 Å². The molecule has 0 spiro atoms. The van der Waals surface area contributed by atoms with E-state index in [0.29, 0.717) is 29.6 Å². The largest absolute Gasteiger partial charge is 0.573 e. The predicted molar refractivity (Wildman–Crippen MR) is 177 cm³/mol. The monoisotopic (exact) mass is 664 g/mol. The highest BCUT2D eigenvalue weighted by Crippen LogP contribution is 2.34. The lowest BCUT2D eigenvalue weighted by atomic mass is 9.85. The number of ether oxygens (including phenoxy) is 1. The molecule has 1 saturated heterocycles. The first-order valence-electron chi connectivity index (χ1n) is 15.0. The highest BCUT2D eigenvalue weighted by atomic mass is 32.2.